The largest absolute Gasteiger partial charge is 0.508 e. The molecule has 0 unspecified atom stereocenters. The van der Waals surface area contributed by atoms with Crippen LogP contribution in [0.2, 0.25) is 0 Å². The van der Waals surface area contributed by atoms with Crippen LogP contribution >= 0.6 is 0 Å². The number of para-hydroxylation sites is 1. The molecule has 3 saturated heterocycles. The number of aromatic hydroxyl groups is 1. The maximum Gasteiger partial charge on any atom is 0.322 e. The van der Waals surface area contributed by atoms with Crippen molar-refractivity contribution in [1.29, 1.82) is 0 Å². The third kappa shape index (κ3) is 7.98. The molecule has 12 heteroatoms. The molecule has 0 radical (unpaired) electrons. The lowest BCUT2D eigenvalue weighted by atomic mass is 9.91. The normalized spacial score (nSPS) is 20.8. The number of rotatable bonds is 8. The Balaban J connectivity index is 1.04. The molecule has 0 spiro atoms. The molecule has 0 saturated carbocycles. The summed E-state index contributed by atoms with van der Waals surface area (Å²) in [5.41, 5.74) is 2.76. The van der Waals surface area contributed by atoms with Gasteiger partial charge in [-0.25, -0.2) is 9.59 Å². The molecule has 252 valence electrons. The van der Waals surface area contributed by atoms with Crippen molar-refractivity contribution in [2.24, 2.45) is 5.92 Å². The summed E-state index contributed by atoms with van der Waals surface area (Å²) in [4.78, 5) is 59.4. The third-order valence-corrected chi connectivity index (χ3v) is 10.4. The fraction of sp³-hybridized carbons (Fsp3) is 0.543. The molecule has 2 aromatic rings. The average molecular weight is 647 g/mol. The maximum atomic E-state index is 13.9. The molecule has 47 heavy (non-hydrogen) atoms. The predicted octanol–water partition coefficient (Wildman–Crippen LogP) is 3.70. The fourth-order valence-electron chi connectivity index (χ4n) is 7.65. The number of piperidine rings is 3. The van der Waals surface area contributed by atoms with Gasteiger partial charge in [-0.3, -0.25) is 9.59 Å². The van der Waals surface area contributed by atoms with Gasteiger partial charge in [-0.2, -0.15) is 0 Å². The van der Waals surface area contributed by atoms with Crippen molar-refractivity contribution >= 4 is 29.6 Å². The molecule has 12 nitrogen and oxygen atoms in total. The Hall–Kier alpha value is -4.32. The molecule has 0 aromatic heterocycles. The number of phenols is 1. The summed E-state index contributed by atoms with van der Waals surface area (Å²) >= 11 is 0. The molecular weight excluding hydrogens is 600 g/mol. The van der Waals surface area contributed by atoms with Crippen LogP contribution in [0.4, 0.5) is 15.3 Å². The Morgan fingerprint density at radius 1 is 0.830 bits per heavy atom. The lowest BCUT2D eigenvalue weighted by molar-refractivity contribution is -0.138. The van der Waals surface area contributed by atoms with E-state index in [2.05, 4.69) is 15.5 Å². The fourth-order valence-corrected chi connectivity index (χ4v) is 7.65. The van der Waals surface area contributed by atoms with E-state index in [1.807, 2.05) is 34.1 Å². The number of amides is 5. The van der Waals surface area contributed by atoms with Crippen LogP contribution in [0, 0.1) is 5.92 Å². The highest BCUT2D eigenvalue weighted by Gasteiger charge is 2.36. The number of hydrogen-bond acceptors (Lipinski definition) is 6. The highest BCUT2D eigenvalue weighted by atomic mass is 16.4. The number of aliphatic carboxylic acids is 1. The molecule has 0 aliphatic carbocycles. The molecule has 6 rings (SSSR count). The lowest BCUT2D eigenvalue weighted by Gasteiger charge is -2.42. The molecule has 4 heterocycles. The van der Waals surface area contributed by atoms with E-state index in [0.717, 1.165) is 55.6 Å². The van der Waals surface area contributed by atoms with Crippen LogP contribution in [0.3, 0.4) is 0 Å². The number of carboxylic acids is 1. The second kappa shape index (κ2) is 14.6. The number of carbonyl (C=O) groups excluding carboxylic acids is 3. The van der Waals surface area contributed by atoms with Gasteiger partial charge in [-0.1, -0.05) is 30.3 Å². The van der Waals surface area contributed by atoms with Crippen molar-refractivity contribution < 1.29 is 29.4 Å². The van der Waals surface area contributed by atoms with Crippen molar-refractivity contribution in [3.05, 3.63) is 59.7 Å². The minimum absolute atomic E-state index is 0.0195. The van der Waals surface area contributed by atoms with Gasteiger partial charge in [0, 0.05) is 63.3 Å². The Morgan fingerprint density at radius 3 is 2.15 bits per heavy atom. The Labute approximate surface area is 275 Å². The summed E-state index contributed by atoms with van der Waals surface area (Å²) in [6.45, 7) is 4.50. The zero-order chi connectivity index (χ0) is 32.9. The first kappa shape index (κ1) is 32.6. The van der Waals surface area contributed by atoms with Crippen molar-refractivity contribution in [2.45, 2.75) is 76.0 Å². The van der Waals surface area contributed by atoms with Crippen molar-refractivity contribution in [3.8, 4) is 5.75 Å². The summed E-state index contributed by atoms with van der Waals surface area (Å²) in [6, 6.07) is 13.8. The van der Waals surface area contributed by atoms with E-state index >= 15 is 0 Å². The summed E-state index contributed by atoms with van der Waals surface area (Å²) < 4.78 is 0. The highest BCUT2D eigenvalue weighted by Crippen LogP contribution is 2.29. The predicted molar refractivity (Wildman–Crippen MR) is 176 cm³/mol. The molecule has 4 aliphatic heterocycles. The second-order valence-electron chi connectivity index (χ2n) is 13.4. The van der Waals surface area contributed by atoms with E-state index in [4.69, 9.17) is 5.11 Å². The smallest absolute Gasteiger partial charge is 0.322 e. The topological polar surface area (TPSA) is 146 Å². The van der Waals surface area contributed by atoms with E-state index in [-0.39, 0.29) is 42.1 Å². The van der Waals surface area contributed by atoms with E-state index in [1.54, 1.807) is 29.2 Å². The lowest BCUT2D eigenvalue weighted by Crippen LogP contribution is -2.57. The molecule has 3 fully saturated rings. The highest BCUT2D eigenvalue weighted by molar-refractivity contribution is 5.92. The number of carboxylic acid groups (broad SMARTS) is 1. The number of carbonyl (C=O) groups is 4. The standard InChI is InChI=1S/C35H46N6O6/c42-29-7-5-24(6-8-29)21-31(33(45)39-17-11-27(12-18-39)38-15-9-25(10-16-38)22-32(43)44)37-34(46)40-19-13-28(14-20-40)41-23-26-3-1-2-4-30(26)36-35(41)47/h1-8,25,27-28,31,42H,9-23H2,(H,36,47)(H,37,46)(H,43,44)/t31-/m1/s1. The third-order valence-electron chi connectivity index (χ3n) is 10.4. The van der Waals surface area contributed by atoms with Gasteiger partial charge >= 0.3 is 18.0 Å². The first-order valence-corrected chi connectivity index (χ1v) is 17.0. The number of nitrogens with one attached hydrogen (secondary N) is 2. The van der Waals surface area contributed by atoms with Gasteiger partial charge in [-0.15, -0.1) is 0 Å². The zero-order valence-corrected chi connectivity index (χ0v) is 26.9. The van der Waals surface area contributed by atoms with Crippen LogP contribution in [0.15, 0.2) is 48.5 Å². The van der Waals surface area contributed by atoms with Crippen LogP contribution in [0.25, 0.3) is 0 Å². The van der Waals surface area contributed by atoms with Gasteiger partial charge in [0.25, 0.3) is 0 Å². The summed E-state index contributed by atoms with van der Waals surface area (Å²) in [7, 11) is 0. The molecule has 0 bridgehead atoms. The Bertz CT molecular complexity index is 1430. The van der Waals surface area contributed by atoms with Gasteiger partial charge in [0.15, 0.2) is 0 Å². The number of benzene rings is 2. The van der Waals surface area contributed by atoms with E-state index in [9.17, 15) is 24.3 Å². The number of likely N-dealkylation sites (tertiary alicyclic amines) is 3. The SMILES string of the molecule is O=C(O)CC1CCN(C2CCN(C(=O)[C@@H](Cc3ccc(O)cc3)NC(=O)N3CCC(N4Cc5ccccc5NC4=O)CC3)CC2)CC1. The van der Waals surface area contributed by atoms with Crippen LogP contribution in [-0.2, 0) is 22.6 Å². The number of fused-ring (bicyclic) bond motifs is 1. The molecular formula is C35H46N6O6. The number of nitrogens with zero attached hydrogens (tertiary/aromatic N) is 4. The molecule has 2 aromatic carbocycles. The van der Waals surface area contributed by atoms with Crippen molar-refractivity contribution in [2.75, 3.05) is 44.6 Å². The van der Waals surface area contributed by atoms with Gasteiger partial charge in [0.1, 0.15) is 11.8 Å². The minimum Gasteiger partial charge on any atom is -0.508 e. The maximum absolute atomic E-state index is 13.9. The van der Waals surface area contributed by atoms with E-state index in [1.165, 1.54) is 0 Å². The van der Waals surface area contributed by atoms with Gasteiger partial charge in [-0.05, 0) is 86.9 Å². The van der Waals surface area contributed by atoms with Gasteiger partial charge in [0.05, 0.1) is 0 Å². The van der Waals surface area contributed by atoms with Gasteiger partial charge in [0.2, 0.25) is 5.91 Å². The molecule has 4 aliphatic rings. The van der Waals surface area contributed by atoms with Crippen LogP contribution in [-0.4, -0.2) is 111 Å². The van der Waals surface area contributed by atoms with E-state index < -0.39 is 12.0 Å². The van der Waals surface area contributed by atoms with E-state index in [0.29, 0.717) is 58.0 Å². The minimum atomic E-state index is -0.752. The summed E-state index contributed by atoms with van der Waals surface area (Å²) in [5, 5.41) is 24.9. The average Bonchev–Trinajstić information content (AvgIpc) is 3.08. The Morgan fingerprint density at radius 2 is 1.47 bits per heavy atom. The monoisotopic (exact) mass is 646 g/mol. The first-order valence-electron chi connectivity index (χ1n) is 17.0. The molecule has 4 N–H and O–H groups in total. The number of phenolic OH excluding ortho intramolecular Hbond substituents is 1. The van der Waals surface area contributed by atoms with Gasteiger partial charge < -0.3 is 40.4 Å². The van der Waals surface area contributed by atoms with Crippen LogP contribution < -0.4 is 10.6 Å². The van der Waals surface area contributed by atoms with Crippen LogP contribution in [0.5, 0.6) is 5.75 Å². The van der Waals surface area contributed by atoms with Crippen LogP contribution in [0.1, 0.15) is 56.1 Å². The van der Waals surface area contributed by atoms with Crippen molar-refractivity contribution in [3.63, 3.8) is 0 Å². The molecule has 1 atom stereocenters. The second-order valence-corrected chi connectivity index (χ2v) is 13.4. The number of anilines is 1. The van der Waals surface area contributed by atoms with Crippen molar-refractivity contribution in [1.82, 2.24) is 24.9 Å². The first-order chi connectivity index (χ1) is 22.7. The number of hydrogen-bond donors (Lipinski definition) is 4. The number of urea groups is 2. The Kier molecular flexibility index (Phi) is 10.1. The quantitative estimate of drug-likeness (QED) is 0.342. The molecule has 5 amide bonds. The summed E-state index contributed by atoms with van der Waals surface area (Å²) in [6.07, 6.45) is 5.32. The summed E-state index contributed by atoms with van der Waals surface area (Å²) in [5.74, 6) is -0.457. The zero-order valence-electron chi connectivity index (χ0n) is 26.9.